The Morgan fingerprint density at radius 3 is 2.53 bits per heavy atom. The molecule has 0 radical (unpaired) electrons. The SMILES string of the molecule is Cc1ccccc1CN(C)C(CN)c1ccccn1. The zero-order valence-electron chi connectivity index (χ0n) is 11.6. The van der Waals surface area contributed by atoms with Crippen molar-refractivity contribution in [2.24, 2.45) is 5.73 Å². The number of aryl methyl sites for hydroxylation is 1. The van der Waals surface area contributed by atoms with Crippen LogP contribution >= 0.6 is 0 Å². The van der Waals surface area contributed by atoms with Gasteiger partial charge in [0.05, 0.1) is 11.7 Å². The maximum absolute atomic E-state index is 5.92. The van der Waals surface area contributed by atoms with E-state index in [1.807, 2.05) is 24.4 Å². The first-order valence-corrected chi connectivity index (χ1v) is 6.58. The Morgan fingerprint density at radius 2 is 1.89 bits per heavy atom. The molecule has 3 nitrogen and oxygen atoms in total. The maximum atomic E-state index is 5.92. The molecule has 100 valence electrons. The van der Waals surface area contributed by atoms with Crippen LogP contribution in [-0.2, 0) is 6.54 Å². The summed E-state index contributed by atoms with van der Waals surface area (Å²) in [5.41, 5.74) is 9.59. The van der Waals surface area contributed by atoms with Crippen LogP contribution < -0.4 is 5.73 Å². The van der Waals surface area contributed by atoms with Gasteiger partial charge in [-0.3, -0.25) is 9.88 Å². The topological polar surface area (TPSA) is 42.1 Å². The standard InChI is InChI=1S/C16H21N3/c1-13-7-3-4-8-14(13)12-19(2)16(11-17)15-9-5-6-10-18-15/h3-10,16H,11-12,17H2,1-2H3. The van der Waals surface area contributed by atoms with E-state index in [-0.39, 0.29) is 6.04 Å². The maximum Gasteiger partial charge on any atom is 0.0644 e. The Kier molecular flexibility index (Phi) is 4.66. The van der Waals surface area contributed by atoms with Crippen molar-refractivity contribution in [2.45, 2.75) is 19.5 Å². The minimum Gasteiger partial charge on any atom is -0.329 e. The van der Waals surface area contributed by atoms with E-state index in [1.54, 1.807) is 0 Å². The molecule has 0 aliphatic heterocycles. The van der Waals surface area contributed by atoms with Crippen molar-refractivity contribution in [3.63, 3.8) is 0 Å². The smallest absolute Gasteiger partial charge is 0.0644 e. The summed E-state index contributed by atoms with van der Waals surface area (Å²) in [4.78, 5) is 6.67. The van der Waals surface area contributed by atoms with Crippen molar-refractivity contribution in [3.8, 4) is 0 Å². The van der Waals surface area contributed by atoms with Crippen LogP contribution in [0, 0.1) is 6.92 Å². The summed E-state index contributed by atoms with van der Waals surface area (Å²) in [5, 5.41) is 0. The average molecular weight is 255 g/mol. The number of nitrogens with two attached hydrogens (primary N) is 1. The van der Waals surface area contributed by atoms with Gasteiger partial charge in [0.1, 0.15) is 0 Å². The molecule has 2 N–H and O–H groups in total. The number of pyridine rings is 1. The highest BCUT2D eigenvalue weighted by atomic mass is 15.1. The van der Waals surface area contributed by atoms with Crippen LogP contribution in [0.1, 0.15) is 22.9 Å². The van der Waals surface area contributed by atoms with Gasteiger partial charge in [0.2, 0.25) is 0 Å². The van der Waals surface area contributed by atoms with Gasteiger partial charge in [-0.15, -0.1) is 0 Å². The van der Waals surface area contributed by atoms with Crippen LogP contribution in [0.4, 0.5) is 0 Å². The molecule has 1 heterocycles. The lowest BCUT2D eigenvalue weighted by molar-refractivity contribution is 0.237. The van der Waals surface area contributed by atoms with Crippen molar-refractivity contribution in [2.75, 3.05) is 13.6 Å². The third kappa shape index (κ3) is 3.40. The van der Waals surface area contributed by atoms with E-state index in [1.165, 1.54) is 11.1 Å². The summed E-state index contributed by atoms with van der Waals surface area (Å²) in [7, 11) is 2.10. The third-order valence-corrected chi connectivity index (χ3v) is 3.47. The van der Waals surface area contributed by atoms with Crippen LogP contribution in [0.5, 0.6) is 0 Å². The van der Waals surface area contributed by atoms with Crippen molar-refractivity contribution in [1.82, 2.24) is 9.88 Å². The highest BCUT2D eigenvalue weighted by Crippen LogP contribution is 2.19. The van der Waals surface area contributed by atoms with Crippen LogP contribution in [0.2, 0.25) is 0 Å². The molecule has 2 rings (SSSR count). The van der Waals surface area contributed by atoms with Crippen LogP contribution in [0.25, 0.3) is 0 Å². The number of benzene rings is 1. The summed E-state index contributed by atoms with van der Waals surface area (Å²) >= 11 is 0. The monoisotopic (exact) mass is 255 g/mol. The zero-order valence-corrected chi connectivity index (χ0v) is 11.6. The van der Waals surface area contributed by atoms with Crippen molar-refractivity contribution in [3.05, 3.63) is 65.5 Å². The number of hydrogen-bond acceptors (Lipinski definition) is 3. The van der Waals surface area contributed by atoms with E-state index in [4.69, 9.17) is 5.73 Å². The molecule has 1 aromatic carbocycles. The second-order valence-electron chi connectivity index (χ2n) is 4.85. The Balaban J connectivity index is 2.14. The van der Waals surface area contributed by atoms with E-state index in [9.17, 15) is 0 Å². The van der Waals surface area contributed by atoms with Crippen LogP contribution in [-0.4, -0.2) is 23.5 Å². The number of rotatable bonds is 5. The Labute approximate surface area is 115 Å². The first-order valence-electron chi connectivity index (χ1n) is 6.58. The molecule has 19 heavy (non-hydrogen) atoms. The number of hydrogen-bond donors (Lipinski definition) is 1. The Bertz CT molecular complexity index is 510. The zero-order chi connectivity index (χ0) is 13.7. The molecule has 1 unspecified atom stereocenters. The summed E-state index contributed by atoms with van der Waals surface area (Å²) in [6.45, 7) is 3.59. The van der Waals surface area contributed by atoms with E-state index < -0.39 is 0 Å². The quantitative estimate of drug-likeness (QED) is 0.892. The first-order chi connectivity index (χ1) is 9.22. The average Bonchev–Trinajstić information content (AvgIpc) is 2.43. The number of aromatic nitrogens is 1. The number of nitrogens with zero attached hydrogens (tertiary/aromatic N) is 2. The van der Waals surface area contributed by atoms with Crippen molar-refractivity contribution < 1.29 is 0 Å². The first kappa shape index (κ1) is 13.7. The van der Waals surface area contributed by atoms with E-state index >= 15 is 0 Å². The van der Waals surface area contributed by atoms with Gasteiger partial charge in [-0.2, -0.15) is 0 Å². The van der Waals surface area contributed by atoms with Gasteiger partial charge in [0.25, 0.3) is 0 Å². The van der Waals surface area contributed by atoms with Gasteiger partial charge in [-0.05, 0) is 37.2 Å². The largest absolute Gasteiger partial charge is 0.329 e. The summed E-state index contributed by atoms with van der Waals surface area (Å²) in [6, 6.07) is 14.6. The third-order valence-electron chi connectivity index (χ3n) is 3.47. The Hall–Kier alpha value is -1.71. The molecule has 0 fully saturated rings. The number of likely N-dealkylation sites (N-methyl/N-ethyl adjacent to an activating group) is 1. The van der Waals surface area contributed by atoms with E-state index in [0.717, 1.165) is 12.2 Å². The fourth-order valence-electron chi connectivity index (χ4n) is 2.27. The highest BCUT2D eigenvalue weighted by Gasteiger charge is 2.16. The van der Waals surface area contributed by atoms with Gasteiger partial charge in [-0.25, -0.2) is 0 Å². The lowest BCUT2D eigenvalue weighted by atomic mass is 10.1. The molecule has 0 bridgehead atoms. The fraction of sp³-hybridized carbons (Fsp3) is 0.312. The molecule has 2 aromatic rings. The predicted octanol–water partition coefficient (Wildman–Crippen LogP) is 2.52. The molecule has 0 spiro atoms. The van der Waals surface area contributed by atoms with E-state index in [2.05, 4.69) is 48.1 Å². The van der Waals surface area contributed by atoms with E-state index in [0.29, 0.717) is 6.54 Å². The second kappa shape index (κ2) is 6.45. The fourth-order valence-corrected chi connectivity index (χ4v) is 2.27. The van der Waals surface area contributed by atoms with Gasteiger partial charge in [-0.1, -0.05) is 30.3 Å². The van der Waals surface area contributed by atoms with Gasteiger partial charge >= 0.3 is 0 Å². The highest BCUT2D eigenvalue weighted by molar-refractivity contribution is 5.25. The normalized spacial score (nSPS) is 12.6. The van der Waals surface area contributed by atoms with Crippen LogP contribution in [0.15, 0.2) is 48.7 Å². The molecule has 0 amide bonds. The summed E-state index contributed by atoms with van der Waals surface area (Å²) < 4.78 is 0. The predicted molar refractivity (Wildman–Crippen MR) is 78.7 cm³/mol. The second-order valence-corrected chi connectivity index (χ2v) is 4.85. The molecule has 0 saturated heterocycles. The Morgan fingerprint density at radius 1 is 1.16 bits per heavy atom. The lowest BCUT2D eigenvalue weighted by Crippen LogP contribution is -2.31. The molecule has 1 aromatic heterocycles. The molecular formula is C16H21N3. The molecule has 0 aliphatic carbocycles. The van der Waals surface area contributed by atoms with Gasteiger partial charge in [0, 0.05) is 19.3 Å². The minimum absolute atomic E-state index is 0.154. The molecule has 0 saturated carbocycles. The molecule has 1 atom stereocenters. The molecule has 3 heteroatoms. The van der Waals surface area contributed by atoms with Crippen molar-refractivity contribution in [1.29, 1.82) is 0 Å². The molecular weight excluding hydrogens is 234 g/mol. The van der Waals surface area contributed by atoms with Gasteiger partial charge in [0.15, 0.2) is 0 Å². The van der Waals surface area contributed by atoms with Gasteiger partial charge < -0.3 is 5.73 Å². The van der Waals surface area contributed by atoms with Crippen molar-refractivity contribution >= 4 is 0 Å². The molecule has 0 aliphatic rings. The van der Waals surface area contributed by atoms with Crippen LogP contribution in [0.3, 0.4) is 0 Å². The summed E-state index contributed by atoms with van der Waals surface area (Å²) in [6.07, 6.45) is 1.82. The minimum atomic E-state index is 0.154. The summed E-state index contributed by atoms with van der Waals surface area (Å²) in [5.74, 6) is 0. The lowest BCUT2D eigenvalue weighted by Gasteiger charge is -2.27.